The summed E-state index contributed by atoms with van der Waals surface area (Å²) in [5, 5.41) is 0. The second-order valence-corrected chi connectivity index (χ2v) is 0.356. The fraction of sp³-hybridized carbons (Fsp3) is 0. The Hall–Kier alpha value is -0.840. The number of hydrogen-bond donors (Lipinski definition) is 0. The Morgan fingerprint density at radius 1 is 1.80 bits per heavy atom. The van der Waals surface area contributed by atoms with E-state index in [0.717, 1.165) is 5.94 Å². The third-order valence-electron chi connectivity index (χ3n) is 0.113. The highest BCUT2D eigenvalue weighted by molar-refractivity contribution is 5.42. The van der Waals surface area contributed by atoms with Gasteiger partial charge in [-0.2, -0.15) is 0 Å². The van der Waals surface area contributed by atoms with E-state index in [4.69, 9.17) is 4.79 Å². The number of hydrogen-bond acceptors (Lipinski definition) is 1. The van der Waals surface area contributed by atoms with Crippen molar-refractivity contribution in [3.63, 3.8) is 0 Å². The topological polar surface area (TPSA) is 17.1 Å². The molecule has 0 rings (SSSR count). The Balaban J connectivity index is 3.75. The molecule has 0 radical (unpaired) electrons. The van der Waals surface area contributed by atoms with Crippen LogP contribution in [0.15, 0.2) is 12.1 Å². The van der Waals surface area contributed by atoms with Crippen LogP contribution in [0.4, 0.5) is 4.39 Å². The van der Waals surface area contributed by atoms with Crippen LogP contribution in [0.3, 0.4) is 0 Å². The van der Waals surface area contributed by atoms with Crippen LogP contribution in [-0.2, 0) is 4.79 Å². The lowest BCUT2D eigenvalue weighted by atomic mass is 11.0. The van der Waals surface area contributed by atoms with Crippen LogP contribution in [0, 0.1) is 0 Å². The van der Waals surface area contributed by atoms with Crippen molar-refractivity contribution in [3.8, 4) is 0 Å². The molecule has 0 N–H and O–H groups in total. The summed E-state index contributed by atoms with van der Waals surface area (Å²) >= 11 is 0. The Morgan fingerprint density at radius 2 is 2.40 bits per heavy atom. The summed E-state index contributed by atoms with van der Waals surface area (Å²) in [5.41, 5.74) is 1.51. The molecule has 0 heterocycles. The van der Waals surface area contributed by atoms with Crippen LogP contribution in [0.5, 0.6) is 0 Å². The summed E-state index contributed by atoms with van der Waals surface area (Å²) in [7, 11) is 0. The Morgan fingerprint density at radius 3 is 2.40 bits per heavy atom. The monoisotopic (exact) mass is 72.0 g/mol. The molecule has 0 spiro atoms. The molecule has 0 aromatic rings. The van der Waals surface area contributed by atoms with Gasteiger partial charge in [0.2, 0.25) is 0 Å². The molecule has 0 saturated heterocycles. The van der Waals surface area contributed by atoms with E-state index in [1.807, 2.05) is 0 Å². The Bertz CT molecular complexity index is 85.1. The van der Waals surface area contributed by atoms with E-state index >= 15 is 0 Å². The number of halogens is 1. The van der Waals surface area contributed by atoms with Crippen LogP contribution in [-0.4, -0.2) is 5.94 Å². The van der Waals surface area contributed by atoms with E-state index in [9.17, 15) is 4.39 Å². The van der Waals surface area contributed by atoms with Crippen LogP contribution < -0.4 is 0 Å². The molecule has 0 aromatic carbocycles. The average Bonchev–Trinajstić information content (AvgIpc) is 1.41. The lowest BCUT2D eigenvalue weighted by Gasteiger charge is -1.33. The van der Waals surface area contributed by atoms with E-state index in [-0.39, 0.29) is 6.33 Å². The van der Waals surface area contributed by atoms with Crippen molar-refractivity contribution in [2.24, 2.45) is 0 Å². The molecule has 0 saturated carbocycles. The first-order valence-electron chi connectivity index (χ1n) is 0.961. The van der Waals surface area contributed by atoms with Gasteiger partial charge in [0.1, 0.15) is 6.33 Å². The van der Waals surface area contributed by atoms with Crippen molar-refractivity contribution in [2.75, 3.05) is 0 Å². The SMILES string of the molecule is O=C=C=CF. The van der Waals surface area contributed by atoms with Crippen LogP contribution in [0.25, 0.3) is 0 Å². The van der Waals surface area contributed by atoms with Gasteiger partial charge in [0, 0.05) is 5.73 Å². The van der Waals surface area contributed by atoms with E-state index < -0.39 is 0 Å². The first kappa shape index (κ1) is 4.16. The summed E-state index contributed by atoms with van der Waals surface area (Å²) in [6.45, 7) is 0. The van der Waals surface area contributed by atoms with Crippen molar-refractivity contribution in [2.45, 2.75) is 0 Å². The summed E-state index contributed by atoms with van der Waals surface area (Å²) in [5.74, 6) is 1.09. The fourth-order valence-corrected chi connectivity index (χ4v) is 0.0223. The largest absolute Gasteiger partial charge is 0.224 e. The molecule has 1 nitrogen and oxygen atoms in total. The second kappa shape index (κ2) is 3.16. The van der Waals surface area contributed by atoms with Crippen molar-refractivity contribution >= 4 is 5.94 Å². The van der Waals surface area contributed by atoms with Gasteiger partial charge in [0.05, 0.1) is 0 Å². The predicted molar refractivity (Wildman–Crippen MR) is 14.9 cm³/mol. The molecule has 5 heavy (non-hydrogen) atoms. The molecule has 0 amide bonds. The maximum absolute atomic E-state index is 10.5. The quantitative estimate of drug-likeness (QED) is 0.300. The molecule has 0 aromatic heterocycles. The molecular weight excluding hydrogens is 71.0 g/mol. The molecule has 0 aliphatic carbocycles. The summed E-state index contributed by atoms with van der Waals surface area (Å²) in [6, 6.07) is 0. The van der Waals surface area contributed by atoms with Gasteiger partial charge in [-0.3, -0.25) is 0 Å². The normalized spacial score (nSPS) is 4.20. The lowest BCUT2D eigenvalue weighted by Crippen LogP contribution is -1.29. The molecular formula is C3HFO. The molecule has 26 valence electrons. The lowest BCUT2D eigenvalue weighted by molar-refractivity contribution is 0.569. The Kier molecular flexibility index (Phi) is 2.63. The summed E-state index contributed by atoms with van der Waals surface area (Å²) in [6.07, 6.45) is 0.00694. The molecule has 0 bridgehead atoms. The minimum atomic E-state index is 0.00694. The highest BCUT2D eigenvalue weighted by atomic mass is 19.1. The number of rotatable bonds is 0. The summed E-state index contributed by atoms with van der Waals surface area (Å²) < 4.78 is 10.5. The van der Waals surface area contributed by atoms with Crippen molar-refractivity contribution in [1.82, 2.24) is 0 Å². The highest BCUT2D eigenvalue weighted by Crippen LogP contribution is 1.53. The van der Waals surface area contributed by atoms with E-state index in [0.29, 0.717) is 0 Å². The fourth-order valence-electron chi connectivity index (χ4n) is 0.0223. The van der Waals surface area contributed by atoms with Gasteiger partial charge in [-0.15, -0.1) is 0 Å². The molecule has 2 heteroatoms. The Labute approximate surface area is 28.4 Å². The zero-order chi connectivity index (χ0) is 4.12. The van der Waals surface area contributed by atoms with Gasteiger partial charge < -0.3 is 0 Å². The van der Waals surface area contributed by atoms with E-state index in [2.05, 4.69) is 0 Å². The van der Waals surface area contributed by atoms with Crippen molar-refractivity contribution < 1.29 is 9.18 Å². The first-order chi connectivity index (χ1) is 2.41. The van der Waals surface area contributed by atoms with Crippen molar-refractivity contribution in [1.29, 1.82) is 0 Å². The van der Waals surface area contributed by atoms with E-state index in [1.54, 1.807) is 0 Å². The zero-order valence-corrected chi connectivity index (χ0v) is 2.36. The number of carbonyl (C=O) groups excluding carboxylic acids is 1. The smallest absolute Gasteiger partial charge is 0.179 e. The van der Waals surface area contributed by atoms with Gasteiger partial charge in [-0.1, -0.05) is 0 Å². The highest BCUT2D eigenvalue weighted by Gasteiger charge is 1.38. The predicted octanol–water partition coefficient (Wildman–Crippen LogP) is 0.456. The minimum absolute atomic E-state index is 0.00694. The van der Waals surface area contributed by atoms with Crippen LogP contribution in [0.2, 0.25) is 0 Å². The summed E-state index contributed by atoms with van der Waals surface area (Å²) in [4.78, 5) is 8.90. The standard InChI is InChI=1S/C3HFO/c4-2-1-3-5/h2H. The molecule has 0 unspecified atom stereocenters. The van der Waals surface area contributed by atoms with Crippen LogP contribution in [0.1, 0.15) is 0 Å². The maximum Gasteiger partial charge on any atom is 0.179 e. The molecule has 0 aliphatic heterocycles. The van der Waals surface area contributed by atoms with E-state index in [1.165, 1.54) is 5.73 Å². The van der Waals surface area contributed by atoms with Gasteiger partial charge >= 0.3 is 0 Å². The van der Waals surface area contributed by atoms with Gasteiger partial charge in [0.25, 0.3) is 0 Å². The van der Waals surface area contributed by atoms with Crippen molar-refractivity contribution in [3.05, 3.63) is 12.1 Å². The molecule has 0 fully saturated rings. The van der Waals surface area contributed by atoms with Gasteiger partial charge in [0.15, 0.2) is 5.94 Å². The van der Waals surface area contributed by atoms with Crippen LogP contribution >= 0.6 is 0 Å². The average molecular weight is 72.0 g/mol. The third-order valence-corrected chi connectivity index (χ3v) is 0.113. The van der Waals surface area contributed by atoms with Gasteiger partial charge in [-0.05, 0) is 0 Å². The minimum Gasteiger partial charge on any atom is -0.224 e. The molecule has 0 atom stereocenters. The first-order valence-corrected chi connectivity index (χ1v) is 0.961. The van der Waals surface area contributed by atoms with Gasteiger partial charge in [-0.25, -0.2) is 9.18 Å². The zero-order valence-electron chi connectivity index (χ0n) is 2.36. The molecule has 0 aliphatic rings. The third kappa shape index (κ3) is 3.16. The maximum atomic E-state index is 10.5. The second-order valence-electron chi connectivity index (χ2n) is 0.356.